The van der Waals surface area contributed by atoms with Crippen LogP contribution in [-0.2, 0) is 51.1 Å². The van der Waals surface area contributed by atoms with Gasteiger partial charge in [-0.15, -0.1) is 5.10 Å². The lowest BCUT2D eigenvalue weighted by atomic mass is 9.84. The Labute approximate surface area is 388 Å². The van der Waals surface area contributed by atoms with E-state index in [9.17, 15) is 24.0 Å². The highest BCUT2D eigenvalue weighted by molar-refractivity contribution is 5.96. The zero-order chi connectivity index (χ0) is 48.1. The van der Waals surface area contributed by atoms with Crippen molar-refractivity contribution in [3.05, 3.63) is 66.0 Å². The molecule has 2 fully saturated rings. The lowest BCUT2D eigenvalue weighted by Gasteiger charge is -2.42. The van der Waals surface area contributed by atoms with Crippen LogP contribution in [0.4, 0.5) is 0 Å². The van der Waals surface area contributed by atoms with Crippen LogP contribution in [0.15, 0.2) is 59.3 Å². The summed E-state index contributed by atoms with van der Waals surface area (Å²) in [6.45, 7) is 23.5. The van der Waals surface area contributed by atoms with Gasteiger partial charge in [-0.05, 0) is 81.6 Å². The predicted molar refractivity (Wildman–Crippen MR) is 254 cm³/mol. The Morgan fingerprint density at radius 1 is 1.15 bits per heavy atom. The van der Waals surface area contributed by atoms with Crippen LogP contribution >= 0.6 is 0 Å². The Morgan fingerprint density at radius 3 is 2.56 bits per heavy atom. The molecule has 1 aromatic heterocycles. The van der Waals surface area contributed by atoms with Gasteiger partial charge in [-0.3, -0.25) is 34.6 Å². The molecule has 2 unspecified atom stereocenters. The Bertz CT molecular complexity index is 2300. The number of likely N-dealkylation sites (N-methyl/N-ethyl adjacent to an activating group) is 1. The number of aromatic nitrogens is 1. The minimum atomic E-state index is -1.23. The van der Waals surface area contributed by atoms with Crippen LogP contribution < -0.4 is 16.2 Å². The van der Waals surface area contributed by atoms with Crippen molar-refractivity contribution in [2.45, 2.75) is 117 Å². The molecule has 2 saturated heterocycles. The van der Waals surface area contributed by atoms with Crippen LogP contribution in [0.1, 0.15) is 97.2 Å². The highest BCUT2D eigenvalue weighted by atomic mass is 16.5. The zero-order valence-corrected chi connectivity index (χ0v) is 40.1. The van der Waals surface area contributed by atoms with Crippen molar-refractivity contribution in [3.63, 3.8) is 0 Å². The second-order valence-corrected chi connectivity index (χ2v) is 18.9. The molecule has 3 N–H and O–H groups in total. The number of nitrogens with zero attached hydrogens (tertiary/aromatic N) is 6. The minimum absolute atomic E-state index is 0.00622. The molecule has 6 atom stereocenters. The maximum Gasteiger partial charge on any atom is 0.259 e. The monoisotopic (exact) mass is 912 g/mol. The van der Waals surface area contributed by atoms with E-state index in [1.807, 2.05) is 39.8 Å². The number of aldehydes is 1. The van der Waals surface area contributed by atoms with Crippen molar-refractivity contribution < 1.29 is 38.2 Å². The second kappa shape index (κ2) is 20.9. The molecule has 0 spiro atoms. The van der Waals surface area contributed by atoms with Crippen molar-refractivity contribution >= 4 is 58.5 Å². The van der Waals surface area contributed by atoms with Crippen LogP contribution in [0, 0.1) is 17.3 Å². The first-order valence-corrected chi connectivity index (χ1v) is 23.1. The third kappa shape index (κ3) is 10.3. The van der Waals surface area contributed by atoms with Crippen molar-refractivity contribution in [2.24, 2.45) is 27.3 Å². The highest BCUT2D eigenvalue weighted by Gasteiger charge is 2.43. The summed E-state index contributed by atoms with van der Waals surface area (Å²) in [6.07, 6.45) is 6.38. The number of methoxy groups -OCH3 is 1. The van der Waals surface area contributed by atoms with Gasteiger partial charge in [-0.25, -0.2) is 5.43 Å². The second-order valence-electron chi connectivity index (χ2n) is 18.9. The number of allylic oxidation sites excluding steroid dienone is 2. The summed E-state index contributed by atoms with van der Waals surface area (Å²) in [4.78, 5) is 76.2. The van der Waals surface area contributed by atoms with E-state index in [1.165, 1.54) is 16.0 Å². The fourth-order valence-electron chi connectivity index (χ4n) is 9.77. The van der Waals surface area contributed by atoms with Crippen LogP contribution in [0.5, 0.6) is 0 Å². The van der Waals surface area contributed by atoms with E-state index in [-0.39, 0.29) is 62.5 Å². The summed E-state index contributed by atoms with van der Waals surface area (Å²) in [5.74, 6) is -2.22. The molecule has 17 heteroatoms. The molecule has 358 valence electrons. The van der Waals surface area contributed by atoms with Crippen LogP contribution in [-0.4, -0.2) is 132 Å². The number of hydrogen-bond donors (Lipinski definition) is 3. The Kier molecular flexibility index (Phi) is 15.8. The van der Waals surface area contributed by atoms with E-state index in [4.69, 9.17) is 19.2 Å². The first-order valence-electron chi connectivity index (χ1n) is 23.1. The standard InChI is InChI=1S/C49H69N9O8/c1-12-34(41(50-14-3)31(7)64-11)43-36-25-48(8,9)28-65-29-49(27-59)20-16-21-58(54-49)47(63)37(24-39-52-53-45(66-39)32-17-18-38(35(36)23-32)57(43)15-4)51-44(61)42(30(5)6)55(10)46(62)33-19-22-56(26-33)40(60)13-2/h12-14,17-18,23,27,30-31,33,37,42,45,53-54H,1-2,15-16,19-22,24-26,28-29H2,3-11H3,(H,51,61)/b41-34+,50-14?/t31-,33-,37-,42-,45?,49?/m0/s1. The van der Waals surface area contributed by atoms with Crippen LogP contribution in [0.25, 0.3) is 16.5 Å². The van der Waals surface area contributed by atoms with Crippen molar-refractivity contribution in [3.8, 4) is 0 Å². The molecule has 6 bridgehead atoms. The number of hydrazine groups is 1. The molecule has 4 amide bonds. The fraction of sp³-hybridized carbons (Fsp3) is 0.571. The molecule has 6 rings (SSSR count). The number of amides is 4. The quantitative estimate of drug-likeness (QED) is 0.110. The van der Waals surface area contributed by atoms with Crippen LogP contribution in [0.3, 0.4) is 0 Å². The van der Waals surface area contributed by atoms with Crippen molar-refractivity contribution in [1.29, 1.82) is 0 Å². The van der Waals surface area contributed by atoms with E-state index in [0.29, 0.717) is 38.8 Å². The molecule has 0 saturated carbocycles. The van der Waals surface area contributed by atoms with E-state index >= 15 is 0 Å². The average molecular weight is 912 g/mol. The van der Waals surface area contributed by atoms with E-state index < -0.39 is 47.0 Å². The van der Waals surface area contributed by atoms with Gasteiger partial charge in [0.15, 0.2) is 0 Å². The van der Waals surface area contributed by atoms with Gasteiger partial charge in [0.2, 0.25) is 29.8 Å². The van der Waals surface area contributed by atoms with E-state index in [1.54, 1.807) is 25.3 Å². The maximum atomic E-state index is 14.7. The normalized spacial score (nSPS) is 24.7. The number of benzene rings is 1. The number of nitrogens with one attached hydrogen (secondary N) is 3. The summed E-state index contributed by atoms with van der Waals surface area (Å²) >= 11 is 0. The molecule has 4 aliphatic rings. The van der Waals surface area contributed by atoms with Gasteiger partial charge in [-0.2, -0.15) is 0 Å². The number of hydrogen-bond acceptors (Lipinski definition) is 12. The summed E-state index contributed by atoms with van der Waals surface area (Å²) in [5, 5.41) is 9.87. The summed E-state index contributed by atoms with van der Waals surface area (Å²) < 4.78 is 21.0. The van der Waals surface area contributed by atoms with Gasteiger partial charge in [0.25, 0.3) is 5.91 Å². The SMILES string of the molecule is C=CC(=O)N1CC[C@H](C(=O)N(C)[C@H](C(=O)N[C@H]2CC3=NNC(O3)c3ccc4c(c3)c(c(/C(C=C)=C(/N=CC)[C@H](C)OC)n4CC)CC(C)(C)COCC3(C=O)CCCN(N3)C2=O)C(C)C)C1. The third-order valence-electron chi connectivity index (χ3n) is 13.2. The first-order chi connectivity index (χ1) is 31.4. The summed E-state index contributed by atoms with van der Waals surface area (Å²) in [6, 6.07) is 3.99. The van der Waals surface area contributed by atoms with Crippen LogP contribution in [0.2, 0.25) is 0 Å². The number of carbonyl (C=O) groups excluding carboxylic acids is 5. The van der Waals surface area contributed by atoms with Gasteiger partial charge < -0.3 is 38.7 Å². The third-order valence-corrected chi connectivity index (χ3v) is 13.2. The molecule has 4 aliphatic heterocycles. The number of hydrazone groups is 1. The lowest BCUT2D eigenvalue weighted by Crippen LogP contribution is -2.66. The lowest BCUT2D eigenvalue weighted by molar-refractivity contribution is -0.148. The van der Waals surface area contributed by atoms with E-state index in [2.05, 4.69) is 71.9 Å². The summed E-state index contributed by atoms with van der Waals surface area (Å²) in [7, 11) is 3.24. The smallest absolute Gasteiger partial charge is 0.259 e. The average Bonchev–Trinajstić information content (AvgIpc) is 4.06. The minimum Gasteiger partial charge on any atom is -0.450 e. The van der Waals surface area contributed by atoms with Crippen molar-refractivity contribution in [2.75, 3.05) is 47.0 Å². The number of likely N-dealkylation sites (tertiary alicyclic amines) is 1. The molecule has 0 aliphatic carbocycles. The van der Waals surface area contributed by atoms with Gasteiger partial charge in [0.1, 0.15) is 23.9 Å². The molecule has 2 aromatic rings. The van der Waals surface area contributed by atoms with Gasteiger partial charge in [0.05, 0.1) is 43.0 Å². The largest absolute Gasteiger partial charge is 0.450 e. The van der Waals surface area contributed by atoms with E-state index in [0.717, 1.165) is 45.3 Å². The Hall–Kier alpha value is -5.65. The fourth-order valence-corrected chi connectivity index (χ4v) is 9.77. The molecule has 66 heavy (non-hydrogen) atoms. The Morgan fingerprint density at radius 2 is 1.91 bits per heavy atom. The maximum absolute atomic E-state index is 14.7. The Balaban J connectivity index is 1.39. The number of aliphatic imine (C=N–C) groups is 1. The first kappa shape index (κ1) is 49.8. The predicted octanol–water partition coefficient (Wildman–Crippen LogP) is 4.67. The van der Waals surface area contributed by atoms with Gasteiger partial charge in [0, 0.05) is 68.6 Å². The number of ether oxygens (including phenoxy) is 3. The molecule has 0 radical (unpaired) electrons. The molecule has 1 aromatic carbocycles. The topological polar surface area (TPSA) is 188 Å². The zero-order valence-electron chi connectivity index (χ0n) is 40.1. The number of aryl methyl sites for hydroxylation is 1. The van der Waals surface area contributed by atoms with Gasteiger partial charge >= 0.3 is 0 Å². The molecule has 5 heterocycles. The van der Waals surface area contributed by atoms with Gasteiger partial charge in [-0.1, -0.05) is 53.0 Å². The number of fused-ring (bicyclic) bond motifs is 6. The number of carbonyl (C=O) groups is 5. The molecule has 17 nitrogen and oxygen atoms in total. The summed E-state index contributed by atoms with van der Waals surface area (Å²) in [5.41, 5.74) is 10.0. The molecular weight excluding hydrogens is 843 g/mol. The number of rotatable bonds is 13. The van der Waals surface area contributed by atoms with Crippen molar-refractivity contribution in [1.82, 2.24) is 35.5 Å². The molecular formula is C49H69N9O8. The highest BCUT2D eigenvalue weighted by Crippen LogP contribution is 2.40.